The molecule has 1 aromatic rings. The number of benzene rings is 1. The van der Waals surface area contributed by atoms with E-state index in [9.17, 15) is 0 Å². The van der Waals surface area contributed by atoms with Crippen molar-refractivity contribution in [2.75, 3.05) is 7.05 Å². The monoisotopic (exact) mass is 241 g/mol. The minimum atomic E-state index is 0.805. The minimum absolute atomic E-state index is 0.805. The molecule has 0 radical (unpaired) electrons. The van der Waals surface area contributed by atoms with Crippen LogP contribution in [0.5, 0.6) is 0 Å². The quantitative estimate of drug-likeness (QED) is 0.710. The molecule has 1 heterocycles. The van der Waals surface area contributed by atoms with Gasteiger partial charge in [-0.2, -0.15) is 4.99 Å². The number of aliphatic imine (C=N–C) groups is 1. The van der Waals surface area contributed by atoms with Crippen LogP contribution in [0.4, 0.5) is 0 Å². The van der Waals surface area contributed by atoms with Crippen LogP contribution in [0, 0.1) is 0 Å². The maximum absolute atomic E-state index is 4.61. The summed E-state index contributed by atoms with van der Waals surface area (Å²) in [5.74, 6) is 1.16. The van der Waals surface area contributed by atoms with E-state index in [1.54, 1.807) is 0 Å². The van der Waals surface area contributed by atoms with Crippen LogP contribution >= 0.6 is 0 Å². The highest BCUT2D eigenvalue weighted by Gasteiger charge is 2.35. The van der Waals surface area contributed by atoms with Gasteiger partial charge in [0.25, 0.3) is 0 Å². The summed E-state index contributed by atoms with van der Waals surface area (Å²) in [6.45, 7) is 11.1. The van der Waals surface area contributed by atoms with Gasteiger partial charge in [-0.3, -0.25) is 0 Å². The molecule has 2 rings (SSSR count). The molecule has 0 aliphatic carbocycles. The van der Waals surface area contributed by atoms with Crippen LogP contribution in [-0.4, -0.2) is 17.4 Å². The van der Waals surface area contributed by atoms with Crippen molar-refractivity contribution in [3.8, 4) is 0 Å². The van der Waals surface area contributed by atoms with Gasteiger partial charge in [0.2, 0.25) is 5.84 Å². The summed E-state index contributed by atoms with van der Waals surface area (Å²) in [5, 5.41) is 0. The average molecular weight is 241 g/mol. The van der Waals surface area contributed by atoms with Crippen molar-refractivity contribution in [3.63, 3.8) is 0 Å². The molecule has 0 aromatic heterocycles. The van der Waals surface area contributed by atoms with Gasteiger partial charge in [-0.1, -0.05) is 36.9 Å². The van der Waals surface area contributed by atoms with Crippen LogP contribution in [0.15, 0.2) is 47.2 Å². The fourth-order valence-corrected chi connectivity index (χ4v) is 2.39. The lowest BCUT2D eigenvalue weighted by molar-refractivity contribution is -0.793. The normalized spacial score (nSPS) is 23.2. The zero-order valence-corrected chi connectivity index (χ0v) is 11.7. The van der Waals surface area contributed by atoms with Gasteiger partial charge >= 0.3 is 0 Å². The second kappa shape index (κ2) is 4.54. The largest absolute Gasteiger partial charge is 0.247 e. The second-order valence-electron chi connectivity index (χ2n) is 5.13. The molecule has 18 heavy (non-hydrogen) atoms. The highest BCUT2D eigenvalue weighted by Crippen LogP contribution is 2.29. The van der Waals surface area contributed by atoms with Crippen molar-refractivity contribution in [2.24, 2.45) is 4.99 Å². The molecular formula is C16H21N2+. The smallest absolute Gasteiger partial charge is 0.204 e. The van der Waals surface area contributed by atoms with Crippen molar-refractivity contribution < 1.29 is 4.48 Å². The number of quaternary nitrogens is 1. The van der Waals surface area contributed by atoms with Gasteiger partial charge in [0.1, 0.15) is 12.2 Å². The molecule has 0 saturated heterocycles. The molecule has 1 atom stereocenters. The van der Waals surface area contributed by atoms with E-state index in [2.05, 4.69) is 63.7 Å². The highest BCUT2D eigenvalue weighted by atomic mass is 15.4. The van der Waals surface area contributed by atoms with E-state index in [1.165, 1.54) is 11.3 Å². The van der Waals surface area contributed by atoms with Gasteiger partial charge in [-0.25, -0.2) is 4.48 Å². The Labute approximate surface area is 110 Å². The van der Waals surface area contributed by atoms with Gasteiger partial charge in [-0.15, -0.1) is 0 Å². The van der Waals surface area contributed by atoms with Crippen LogP contribution in [0.1, 0.15) is 31.9 Å². The summed E-state index contributed by atoms with van der Waals surface area (Å²) < 4.78 is 0.805. The number of nitrogens with zero attached hydrogens (tertiary/aromatic N) is 2. The molecule has 0 bridgehead atoms. The SMILES string of the molecule is C=Cc1ccc(C[N+]2(C)C(C)=NC(C)=C2C)cc1. The standard InChI is InChI=1S/C16H21N2/c1-6-15-7-9-16(10-8-15)11-18(5)13(3)12(2)17-14(18)4/h6-10H,1,11H2,2-5H3/q+1. The van der Waals surface area contributed by atoms with Crippen molar-refractivity contribution in [1.29, 1.82) is 0 Å². The van der Waals surface area contributed by atoms with Crippen molar-refractivity contribution in [1.82, 2.24) is 0 Å². The lowest BCUT2D eigenvalue weighted by Crippen LogP contribution is -2.43. The van der Waals surface area contributed by atoms with E-state index in [0.717, 1.165) is 28.1 Å². The summed E-state index contributed by atoms with van der Waals surface area (Å²) in [6.07, 6.45) is 1.87. The van der Waals surface area contributed by atoms with Gasteiger partial charge in [0.05, 0.1) is 12.7 Å². The van der Waals surface area contributed by atoms with E-state index in [4.69, 9.17) is 0 Å². The Balaban J connectivity index is 2.28. The van der Waals surface area contributed by atoms with Crippen molar-refractivity contribution >= 4 is 11.9 Å². The Hall–Kier alpha value is -1.67. The predicted molar refractivity (Wildman–Crippen MR) is 77.9 cm³/mol. The molecule has 2 nitrogen and oxygen atoms in total. The molecule has 0 amide bonds. The molecule has 1 aliphatic rings. The molecule has 0 fully saturated rings. The Morgan fingerprint density at radius 1 is 1.17 bits per heavy atom. The van der Waals surface area contributed by atoms with E-state index < -0.39 is 0 Å². The summed E-state index contributed by atoms with van der Waals surface area (Å²) in [7, 11) is 2.23. The van der Waals surface area contributed by atoms with E-state index >= 15 is 0 Å². The number of allylic oxidation sites excluding steroid dienone is 2. The van der Waals surface area contributed by atoms with Crippen molar-refractivity contribution in [3.05, 3.63) is 53.4 Å². The number of hydrogen-bond donors (Lipinski definition) is 0. The Morgan fingerprint density at radius 2 is 1.78 bits per heavy atom. The predicted octanol–water partition coefficient (Wildman–Crippen LogP) is 3.96. The third-order valence-electron chi connectivity index (χ3n) is 4.02. The van der Waals surface area contributed by atoms with Crippen LogP contribution in [0.25, 0.3) is 6.08 Å². The van der Waals surface area contributed by atoms with Gasteiger partial charge < -0.3 is 0 Å². The fourth-order valence-electron chi connectivity index (χ4n) is 2.39. The first-order valence-electron chi connectivity index (χ1n) is 6.28. The third kappa shape index (κ3) is 2.04. The Kier molecular flexibility index (Phi) is 3.22. The van der Waals surface area contributed by atoms with Crippen LogP contribution in [0.2, 0.25) is 0 Å². The Morgan fingerprint density at radius 3 is 2.22 bits per heavy atom. The molecule has 94 valence electrons. The Bertz CT molecular complexity index is 535. The van der Waals surface area contributed by atoms with E-state index in [0.29, 0.717) is 0 Å². The molecular weight excluding hydrogens is 220 g/mol. The van der Waals surface area contributed by atoms with E-state index in [1.807, 2.05) is 6.08 Å². The molecule has 0 spiro atoms. The minimum Gasteiger partial charge on any atom is -0.247 e. The zero-order valence-electron chi connectivity index (χ0n) is 11.7. The number of hydrogen-bond acceptors (Lipinski definition) is 1. The molecule has 1 unspecified atom stereocenters. The van der Waals surface area contributed by atoms with Gasteiger partial charge in [-0.05, 0) is 12.5 Å². The topological polar surface area (TPSA) is 12.4 Å². The number of rotatable bonds is 3. The highest BCUT2D eigenvalue weighted by molar-refractivity contribution is 5.77. The maximum Gasteiger partial charge on any atom is 0.204 e. The maximum atomic E-state index is 4.61. The molecule has 1 aromatic carbocycles. The third-order valence-corrected chi connectivity index (χ3v) is 4.02. The van der Waals surface area contributed by atoms with Gasteiger partial charge in [0, 0.05) is 19.4 Å². The zero-order chi connectivity index (χ0) is 13.3. The van der Waals surface area contributed by atoms with Crippen LogP contribution in [0.3, 0.4) is 0 Å². The second-order valence-corrected chi connectivity index (χ2v) is 5.13. The number of amidine groups is 1. The van der Waals surface area contributed by atoms with Crippen molar-refractivity contribution in [2.45, 2.75) is 27.3 Å². The van der Waals surface area contributed by atoms with Crippen LogP contribution < -0.4 is 0 Å². The molecule has 2 heteroatoms. The molecule has 0 saturated carbocycles. The molecule has 1 aliphatic heterocycles. The summed E-state index contributed by atoms with van der Waals surface area (Å²) in [6, 6.07) is 8.58. The fraction of sp³-hybridized carbons (Fsp3) is 0.312. The van der Waals surface area contributed by atoms with Crippen LogP contribution in [-0.2, 0) is 6.54 Å². The lowest BCUT2D eigenvalue weighted by Gasteiger charge is -2.30. The molecule has 0 N–H and O–H groups in total. The first kappa shape index (κ1) is 12.8. The first-order chi connectivity index (χ1) is 8.47. The summed E-state index contributed by atoms with van der Waals surface area (Å²) in [5.41, 5.74) is 4.97. The summed E-state index contributed by atoms with van der Waals surface area (Å²) in [4.78, 5) is 4.61. The van der Waals surface area contributed by atoms with Gasteiger partial charge in [0.15, 0.2) is 0 Å². The summed E-state index contributed by atoms with van der Waals surface area (Å²) >= 11 is 0. The first-order valence-corrected chi connectivity index (χ1v) is 6.28. The average Bonchev–Trinajstić information content (AvgIpc) is 2.55. The lowest BCUT2D eigenvalue weighted by atomic mass is 10.1. The van der Waals surface area contributed by atoms with E-state index in [-0.39, 0.29) is 0 Å².